The van der Waals surface area contributed by atoms with Gasteiger partial charge < -0.3 is 20.1 Å². The fraction of sp³-hybridized carbons (Fsp3) is 0.259. The molecule has 0 bridgehead atoms. The topological polar surface area (TPSA) is 74.7 Å². The maximum Gasteiger partial charge on any atom is 0.198 e. The summed E-state index contributed by atoms with van der Waals surface area (Å²) in [6.45, 7) is 1.53. The van der Waals surface area contributed by atoms with Crippen molar-refractivity contribution in [3.8, 4) is 17.6 Å². The van der Waals surface area contributed by atoms with E-state index in [0.29, 0.717) is 41.1 Å². The Morgan fingerprint density at radius 3 is 2.57 bits per heavy atom. The number of nitrogens with zero attached hydrogens (tertiary/aromatic N) is 2. The minimum Gasteiger partial charge on any atom is -0.496 e. The molecule has 0 unspecified atom stereocenters. The molecule has 1 saturated heterocycles. The molecule has 0 spiro atoms. The zero-order valence-corrected chi connectivity index (χ0v) is 19.4. The molecule has 4 rings (SSSR count). The lowest BCUT2D eigenvalue weighted by molar-refractivity contribution is 0.0350. The van der Waals surface area contributed by atoms with E-state index in [1.165, 1.54) is 25.4 Å². The Hall–Kier alpha value is -3.80. The van der Waals surface area contributed by atoms with Crippen LogP contribution in [0.1, 0.15) is 34.3 Å². The number of rotatable bonds is 5. The van der Waals surface area contributed by atoms with Crippen molar-refractivity contribution in [1.82, 2.24) is 9.88 Å². The van der Waals surface area contributed by atoms with E-state index in [9.17, 15) is 18.7 Å². The van der Waals surface area contributed by atoms with Gasteiger partial charge in [0, 0.05) is 49.3 Å². The molecule has 2 N–H and O–H groups in total. The van der Waals surface area contributed by atoms with E-state index < -0.39 is 17.2 Å². The first kappa shape index (κ1) is 24.3. The van der Waals surface area contributed by atoms with Crippen LogP contribution in [0.3, 0.4) is 0 Å². The van der Waals surface area contributed by atoms with E-state index in [-0.39, 0.29) is 11.5 Å². The summed E-state index contributed by atoms with van der Waals surface area (Å²) < 4.78 is 32.3. The molecule has 1 aliphatic heterocycles. The summed E-state index contributed by atoms with van der Waals surface area (Å²) in [6.07, 6.45) is 2.49. The molecular formula is C27H25F2N3O3. The number of aliphatic hydroxyl groups is 1. The lowest BCUT2D eigenvalue weighted by Gasteiger charge is -2.32. The number of methoxy groups -OCH3 is 1. The van der Waals surface area contributed by atoms with Crippen LogP contribution < -0.4 is 10.1 Å². The molecule has 0 aliphatic carbocycles. The van der Waals surface area contributed by atoms with Crippen molar-refractivity contribution in [1.29, 1.82) is 0 Å². The SMILES string of the molecule is COc1ccc(C#CC2(O)CCN(C)CC2)cc1C(=O)c1ccc(Nc2ccc(F)cc2F)nc1. The lowest BCUT2D eigenvalue weighted by atomic mass is 9.92. The van der Waals surface area contributed by atoms with Crippen molar-refractivity contribution in [3.63, 3.8) is 0 Å². The summed E-state index contributed by atoms with van der Waals surface area (Å²) in [4.78, 5) is 19.5. The quantitative estimate of drug-likeness (QED) is 0.425. The number of ketones is 1. The van der Waals surface area contributed by atoms with Crippen molar-refractivity contribution in [3.05, 3.63) is 83.1 Å². The second-order valence-electron chi connectivity index (χ2n) is 8.51. The van der Waals surface area contributed by atoms with Gasteiger partial charge in [-0.05, 0) is 49.5 Å². The van der Waals surface area contributed by atoms with Crippen LogP contribution in [0.2, 0.25) is 0 Å². The Labute approximate surface area is 202 Å². The molecule has 1 aliphatic rings. The maximum absolute atomic E-state index is 13.9. The van der Waals surface area contributed by atoms with Crippen LogP contribution in [0.25, 0.3) is 0 Å². The van der Waals surface area contributed by atoms with Crippen LogP contribution in [0.5, 0.6) is 5.75 Å². The average molecular weight is 478 g/mol. The van der Waals surface area contributed by atoms with Crippen molar-refractivity contribution >= 4 is 17.3 Å². The first-order valence-electron chi connectivity index (χ1n) is 11.1. The number of halogens is 2. The predicted octanol–water partition coefficient (Wildman–Crippen LogP) is 4.15. The number of benzene rings is 2. The highest BCUT2D eigenvalue weighted by molar-refractivity contribution is 6.10. The summed E-state index contributed by atoms with van der Waals surface area (Å²) in [6, 6.07) is 11.3. The van der Waals surface area contributed by atoms with Gasteiger partial charge >= 0.3 is 0 Å². The molecule has 0 saturated carbocycles. The zero-order chi connectivity index (χ0) is 25.0. The van der Waals surface area contributed by atoms with Crippen molar-refractivity contribution < 1.29 is 23.4 Å². The molecule has 3 aromatic rings. The number of anilines is 2. The summed E-state index contributed by atoms with van der Waals surface area (Å²) in [5.41, 5.74) is 0.207. The zero-order valence-electron chi connectivity index (χ0n) is 19.4. The van der Waals surface area contributed by atoms with Gasteiger partial charge in [0.2, 0.25) is 0 Å². The van der Waals surface area contributed by atoms with E-state index in [1.807, 2.05) is 7.05 Å². The van der Waals surface area contributed by atoms with Gasteiger partial charge in [-0.3, -0.25) is 4.79 Å². The fourth-order valence-corrected chi connectivity index (χ4v) is 3.75. The Balaban J connectivity index is 1.54. The lowest BCUT2D eigenvalue weighted by Crippen LogP contribution is -2.41. The third-order valence-electron chi connectivity index (χ3n) is 5.92. The van der Waals surface area contributed by atoms with Gasteiger partial charge in [-0.1, -0.05) is 11.8 Å². The molecule has 8 heteroatoms. The molecule has 180 valence electrons. The van der Waals surface area contributed by atoms with Crippen LogP contribution in [-0.4, -0.2) is 53.6 Å². The highest BCUT2D eigenvalue weighted by Gasteiger charge is 2.29. The van der Waals surface area contributed by atoms with Gasteiger partial charge in [-0.15, -0.1) is 0 Å². The van der Waals surface area contributed by atoms with E-state index in [4.69, 9.17) is 4.74 Å². The molecule has 6 nitrogen and oxygen atoms in total. The van der Waals surface area contributed by atoms with Gasteiger partial charge in [-0.2, -0.15) is 0 Å². The highest BCUT2D eigenvalue weighted by atomic mass is 19.1. The minimum atomic E-state index is -1.05. The number of pyridine rings is 1. The molecule has 0 atom stereocenters. The summed E-state index contributed by atoms with van der Waals surface area (Å²) >= 11 is 0. The number of piperidine rings is 1. The highest BCUT2D eigenvalue weighted by Crippen LogP contribution is 2.25. The van der Waals surface area contributed by atoms with Crippen LogP contribution in [0, 0.1) is 23.5 Å². The number of likely N-dealkylation sites (tertiary alicyclic amines) is 1. The standard InChI is InChI=1S/C27H25F2N3O3/c1-32-13-11-27(34,12-14-32)10-9-18-3-7-24(35-2)21(15-18)26(33)19-4-8-25(30-17-19)31-23-6-5-20(28)16-22(23)29/h3-8,15-17,34H,11-14H2,1-2H3,(H,30,31). The molecule has 0 amide bonds. The number of carbonyl (C=O) groups excluding carboxylic acids is 1. The third kappa shape index (κ3) is 5.83. The molecule has 2 aromatic carbocycles. The van der Waals surface area contributed by atoms with Crippen LogP contribution in [0.4, 0.5) is 20.3 Å². The number of hydrogen-bond acceptors (Lipinski definition) is 6. The van der Waals surface area contributed by atoms with Crippen LogP contribution in [0.15, 0.2) is 54.7 Å². The summed E-state index contributed by atoms with van der Waals surface area (Å²) in [7, 11) is 3.48. The molecule has 1 aromatic heterocycles. The van der Waals surface area contributed by atoms with Crippen molar-refractivity contribution in [2.75, 3.05) is 32.6 Å². The van der Waals surface area contributed by atoms with Gasteiger partial charge in [-0.25, -0.2) is 13.8 Å². The van der Waals surface area contributed by atoms with Crippen LogP contribution in [-0.2, 0) is 0 Å². The van der Waals surface area contributed by atoms with E-state index >= 15 is 0 Å². The first-order valence-corrected chi connectivity index (χ1v) is 11.1. The number of nitrogens with one attached hydrogen (secondary N) is 1. The largest absolute Gasteiger partial charge is 0.496 e. The van der Waals surface area contributed by atoms with Gasteiger partial charge in [0.05, 0.1) is 18.4 Å². The van der Waals surface area contributed by atoms with Gasteiger partial charge in [0.15, 0.2) is 5.78 Å². The Kier molecular flexibility index (Phi) is 7.10. The van der Waals surface area contributed by atoms with Crippen molar-refractivity contribution in [2.45, 2.75) is 18.4 Å². The molecule has 2 heterocycles. The maximum atomic E-state index is 13.9. The monoisotopic (exact) mass is 477 g/mol. The van der Waals surface area contributed by atoms with Crippen LogP contribution >= 0.6 is 0 Å². The third-order valence-corrected chi connectivity index (χ3v) is 5.92. The second-order valence-corrected chi connectivity index (χ2v) is 8.51. The predicted molar refractivity (Wildman–Crippen MR) is 129 cm³/mol. The van der Waals surface area contributed by atoms with E-state index in [0.717, 1.165) is 25.2 Å². The first-order chi connectivity index (χ1) is 16.8. The number of hydrogen-bond donors (Lipinski definition) is 2. The second kappa shape index (κ2) is 10.2. The summed E-state index contributed by atoms with van der Waals surface area (Å²) in [5, 5.41) is 13.5. The Morgan fingerprint density at radius 2 is 1.91 bits per heavy atom. The normalized spacial score (nSPS) is 15.1. The molecular weight excluding hydrogens is 452 g/mol. The number of aromatic nitrogens is 1. The van der Waals surface area contributed by atoms with Crippen molar-refractivity contribution in [2.24, 2.45) is 0 Å². The van der Waals surface area contributed by atoms with Gasteiger partial charge in [0.25, 0.3) is 0 Å². The van der Waals surface area contributed by atoms with E-state index in [2.05, 4.69) is 27.0 Å². The smallest absolute Gasteiger partial charge is 0.198 e. The molecule has 1 fully saturated rings. The van der Waals surface area contributed by atoms with E-state index in [1.54, 1.807) is 24.3 Å². The number of ether oxygens (including phenoxy) is 1. The average Bonchev–Trinajstić information content (AvgIpc) is 2.86. The Bertz CT molecular complexity index is 1290. The molecule has 0 radical (unpaired) electrons. The summed E-state index contributed by atoms with van der Waals surface area (Å²) in [5.74, 6) is 4.90. The Morgan fingerprint density at radius 1 is 1.14 bits per heavy atom. The molecule has 35 heavy (non-hydrogen) atoms. The minimum absolute atomic E-state index is 0.0668. The number of carbonyl (C=O) groups is 1. The fourth-order valence-electron chi connectivity index (χ4n) is 3.75. The van der Waals surface area contributed by atoms with Gasteiger partial charge in [0.1, 0.15) is 28.8 Å².